The standard InChI is InChI=1S/C20H16F5N3O/c1-3-11-6-12(20(23,24)25)8-14(7-11)27-19-26-10-16(22)18(28-19)15-5-4-13(21)9-17(15)29-2/h4-10H,3H2,1-2H3,(H,26,27,28). The number of benzene rings is 2. The molecule has 0 bridgehead atoms. The van der Waals surface area contributed by atoms with Crippen molar-refractivity contribution in [1.82, 2.24) is 9.97 Å². The Morgan fingerprint density at radius 1 is 1.07 bits per heavy atom. The van der Waals surface area contributed by atoms with Crippen molar-refractivity contribution in [2.24, 2.45) is 0 Å². The summed E-state index contributed by atoms with van der Waals surface area (Å²) in [5, 5.41) is 2.67. The number of ether oxygens (including phenoxy) is 1. The Hall–Kier alpha value is -3.23. The van der Waals surface area contributed by atoms with Gasteiger partial charge < -0.3 is 10.1 Å². The van der Waals surface area contributed by atoms with Crippen molar-refractivity contribution >= 4 is 11.6 Å². The smallest absolute Gasteiger partial charge is 0.416 e. The summed E-state index contributed by atoms with van der Waals surface area (Å²) in [5.41, 5.74) is -0.246. The van der Waals surface area contributed by atoms with Gasteiger partial charge in [0.05, 0.1) is 18.9 Å². The normalized spacial score (nSPS) is 11.4. The fourth-order valence-electron chi connectivity index (χ4n) is 2.74. The van der Waals surface area contributed by atoms with Crippen LogP contribution in [0.3, 0.4) is 0 Å². The van der Waals surface area contributed by atoms with Gasteiger partial charge in [-0.2, -0.15) is 13.2 Å². The summed E-state index contributed by atoms with van der Waals surface area (Å²) in [7, 11) is 1.30. The summed E-state index contributed by atoms with van der Waals surface area (Å²) in [4.78, 5) is 7.83. The first-order valence-corrected chi connectivity index (χ1v) is 8.56. The highest BCUT2D eigenvalue weighted by Gasteiger charge is 2.31. The summed E-state index contributed by atoms with van der Waals surface area (Å²) in [6.45, 7) is 1.73. The predicted molar refractivity (Wildman–Crippen MR) is 98.0 cm³/mol. The highest BCUT2D eigenvalue weighted by atomic mass is 19.4. The van der Waals surface area contributed by atoms with E-state index in [0.717, 1.165) is 30.5 Å². The van der Waals surface area contributed by atoms with Crippen LogP contribution in [0.4, 0.5) is 33.6 Å². The van der Waals surface area contributed by atoms with Crippen LogP contribution < -0.4 is 10.1 Å². The van der Waals surface area contributed by atoms with Gasteiger partial charge in [0.2, 0.25) is 5.95 Å². The summed E-state index contributed by atoms with van der Waals surface area (Å²) in [5.74, 6) is -1.43. The molecule has 0 aliphatic rings. The topological polar surface area (TPSA) is 47.0 Å². The van der Waals surface area contributed by atoms with E-state index in [-0.39, 0.29) is 28.6 Å². The highest BCUT2D eigenvalue weighted by Crippen LogP contribution is 2.34. The molecule has 3 rings (SSSR count). The summed E-state index contributed by atoms with van der Waals surface area (Å²) < 4.78 is 72.1. The Kier molecular flexibility index (Phi) is 5.67. The van der Waals surface area contributed by atoms with Crippen molar-refractivity contribution in [2.75, 3.05) is 12.4 Å². The number of hydrogen-bond acceptors (Lipinski definition) is 4. The Bertz CT molecular complexity index is 1040. The highest BCUT2D eigenvalue weighted by molar-refractivity contribution is 5.69. The van der Waals surface area contributed by atoms with Gasteiger partial charge in [0, 0.05) is 17.3 Å². The van der Waals surface area contributed by atoms with Crippen molar-refractivity contribution in [3.05, 3.63) is 65.4 Å². The minimum atomic E-state index is -4.52. The third kappa shape index (κ3) is 4.61. The molecule has 1 aromatic heterocycles. The van der Waals surface area contributed by atoms with Gasteiger partial charge in [0.15, 0.2) is 5.82 Å². The third-order valence-corrected chi connectivity index (χ3v) is 4.15. The van der Waals surface area contributed by atoms with Crippen molar-refractivity contribution < 1.29 is 26.7 Å². The van der Waals surface area contributed by atoms with Crippen LogP contribution in [0.1, 0.15) is 18.1 Å². The average Bonchev–Trinajstić information content (AvgIpc) is 2.68. The second-order valence-electron chi connectivity index (χ2n) is 6.13. The molecule has 0 saturated carbocycles. The van der Waals surface area contributed by atoms with Crippen molar-refractivity contribution in [3.63, 3.8) is 0 Å². The van der Waals surface area contributed by atoms with E-state index in [1.165, 1.54) is 19.2 Å². The lowest BCUT2D eigenvalue weighted by Gasteiger charge is -2.13. The number of aryl methyl sites for hydroxylation is 1. The molecular formula is C20H16F5N3O. The number of nitrogens with zero attached hydrogens (tertiary/aromatic N) is 2. The van der Waals surface area contributed by atoms with Crippen LogP contribution in [0.2, 0.25) is 0 Å². The van der Waals surface area contributed by atoms with Gasteiger partial charge in [-0.3, -0.25) is 0 Å². The molecule has 0 spiro atoms. The van der Waals surface area contributed by atoms with Crippen LogP contribution in [0.5, 0.6) is 5.75 Å². The van der Waals surface area contributed by atoms with Crippen molar-refractivity contribution in [3.8, 4) is 17.0 Å². The van der Waals surface area contributed by atoms with E-state index in [2.05, 4.69) is 15.3 Å². The van der Waals surface area contributed by atoms with E-state index in [9.17, 15) is 22.0 Å². The maximum absolute atomic E-state index is 14.3. The van der Waals surface area contributed by atoms with Gasteiger partial charge in [0.25, 0.3) is 0 Å². The lowest BCUT2D eigenvalue weighted by atomic mass is 10.1. The molecule has 152 valence electrons. The first-order chi connectivity index (χ1) is 13.7. The molecule has 0 amide bonds. The molecule has 29 heavy (non-hydrogen) atoms. The minimum absolute atomic E-state index is 0.0564. The number of rotatable bonds is 5. The van der Waals surface area contributed by atoms with Crippen LogP contribution in [0, 0.1) is 11.6 Å². The number of halogens is 5. The van der Waals surface area contributed by atoms with Gasteiger partial charge in [-0.1, -0.05) is 6.92 Å². The van der Waals surface area contributed by atoms with Gasteiger partial charge in [0.1, 0.15) is 17.3 Å². The molecule has 0 saturated heterocycles. The molecule has 9 heteroatoms. The molecule has 0 radical (unpaired) electrons. The Morgan fingerprint density at radius 2 is 1.83 bits per heavy atom. The maximum Gasteiger partial charge on any atom is 0.416 e. The Morgan fingerprint density at radius 3 is 2.48 bits per heavy atom. The minimum Gasteiger partial charge on any atom is -0.496 e. The zero-order valence-electron chi connectivity index (χ0n) is 15.4. The fraction of sp³-hybridized carbons (Fsp3) is 0.200. The zero-order valence-corrected chi connectivity index (χ0v) is 15.4. The first kappa shape index (κ1) is 20.5. The monoisotopic (exact) mass is 409 g/mol. The lowest BCUT2D eigenvalue weighted by molar-refractivity contribution is -0.137. The van der Waals surface area contributed by atoms with Crippen LogP contribution in [0.15, 0.2) is 42.6 Å². The average molecular weight is 409 g/mol. The number of hydrogen-bond donors (Lipinski definition) is 1. The van der Waals surface area contributed by atoms with E-state index in [0.29, 0.717) is 12.0 Å². The summed E-state index contributed by atoms with van der Waals surface area (Å²) in [6, 6.07) is 7.00. The Labute approximate surface area is 163 Å². The van der Waals surface area contributed by atoms with Gasteiger partial charge in [-0.05, 0) is 42.3 Å². The van der Waals surface area contributed by atoms with E-state index in [1.807, 2.05) is 0 Å². The van der Waals surface area contributed by atoms with Crippen LogP contribution >= 0.6 is 0 Å². The van der Waals surface area contributed by atoms with Crippen LogP contribution in [-0.2, 0) is 12.6 Å². The predicted octanol–water partition coefficient (Wildman–Crippen LogP) is 5.76. The lowest BCUT2D eigenvalue weighted by Crippen LogP contribution is -2.07. The molecule has 0 aliphatic carbocycles. The van der Waals surface area contributed by atoms with Gasteiger partial charge >= 0.3 is 6.18 Å². The molecule has 0 unspecified atom stereocenters. The number of alkyl halides is 3. The summed E-state index contributed by atoms with van der Waals surface area (Å²) >= 11 is 0. The first-order valence-electron chi connectivity index (χ1n) is 8.56. The molecule has 0 aliphatic heterocycles. The zero-order chi connectivity index (χ0) is 21.2. The number of methoxy groups -OCH3 is 1. The second kappa shape index (κ2) is 8.02. The van der Waals surface area contributed by atoms with E-state index >= 15 is 0 Å². The molecular weight excluding hydrogens is 393 g/mol. The van der Waals surface area contributed by atoms with Crippen LogP contribution in [0.25, 0.3) is 11.3 Å². The summed E-state index contributed by atoms with van der Waals surface area (Å²) in [6.07, 6.45) is -3.25. The second-order valence-corrected chi connectivity index (χ2v) is 6.13. The third-order valence-electron chi connectivity index (χ3n) is 4.15. The number of anilines is 2. The molecule has 3 aromatic rings. The van der Waals surface area contributed by atoms with Crippen molar-refractivity contribution in [1.29, 1.82) is 0 Å². The molecule has 1 heterocycles. The van der Waals surface area contributed by atoms with Gasteiger partial charge in [-0.15, -0.1) is 0 Å². The van der Waals surface area contributed by atoms with Crippen LogP contribution in [-0.4, -0.2) is 17.1 Å². The SMILES string of the molecule is CCc1cc(Nc2ncc(F)c(-c3ccc(F)cc3OC)n2)cc(C(F)(F)F)c1. The van der Waals surface area contributed by atoms with E-state index in [1.54, 1.807) is 6.92 Å². The van der Waals surface area contributed by atoms with E-state index in [4.69, 9.17) is 4.74 Å². The molecule has 2 aromatic carbocycles. The Balaban J connectivity index is 2.02. The number of aromatic nitrogens is 2. The van der Waals surface area contributed by atoms with Crippen molar-refractivity contribution in [2.45, 2.75) is 19.5 Å². The van der Waals surface area contributed by atoms with Gasteiger partial charge in [-0.25, -0.2) is 18.7 Å². The number of nitrogens with one attached hydrogen (secondary N) is 1. The fourth-order valence-corrected chi connectivity index (χ4v) is 2.74. The molecule has 4 nitrogen and oxygen atoms in total. The quantitative estimate of drug-likeness (QED) is 0.545. The molecule has 0 fully saturated rings. The maximum atomic E-state index is 14.3. The largest absolute Gasteiger partial charge is 0.496 e. The molecule has 1 N–H and O–H groups in total. The van der Waals surface area contributed by atoms with E-state index < -0.39 is 23.4 Å². The molecule has 0 atom stereocenters.